The highest BCUT2D eigenvalue weighted by atomic mass is 16.3. The fourth-order valence-corrected chi connectivity index (χ4v) is 5.11. The van der Waals surface area contributed by atoms with Crippen LogP contribution in [0.1, 0.15) is 29.7 Å². The van der Waals surface area contributed by atoms with Crippen LogP contribution in [-0.2, 0) is 5.60 Å². The maximum Gasteiger partial charge on any atom is 0.118 e. The van der Waals surface area contributed by atoms with Gasteiger partial charge in [-0.25, -0.2) is 0 Å². The van der Waals surface area contributed by atoms with E-state index in [0.717, 1.165) is 48.3 Å². The number of hydrogen-bond acceptors (Lipinski definition) is 3. The first-order chi connectivity index (χ1) is 15.2. The van der Waals surface area contributed by atoms with Crippen molar-refractivity contribution in [1.29, 1.82) is 0 Å². The molecule has 0 unspecified atom stereocenters. The molecule has 2 heterocycles. The lowest BCUT2D eigenvalue weighted by Crippen LogP contribution is -2.44. The Bertz CT molecular complexity index is 1130. The summed E-state index contributed by atoms with van der Waals surface area (Å²) in [7, 11) is 0. The second-order valence-corrected chi connectivity index (χ2v) is 8.56. The Morgan fingerprint density at radius 2 is 1.35 bits per heavy atom. The van der Waals surface area contributed by atoms with Gasteiger partial charge in [-0.2, -0.15) is 0 Å². The van der Waals surface area contributed by atoms with Crippen LogP contribution in [0.4, 0.5) is 5.69 Å². The number of aromatic nitrogens is 1. The van der Waals surface area contributed by atoms with Crippen LogP contribution in [0, 0.1) is 12.8 Å². The zero-order chi connectivity index (χ0) is 21.3. The van der Waals surface area contributed by atoms with Crippen LogP contribution in [-0.4, -0.2) is 23.2 Å². The summed E-state index contributed by atoms with van der Waals surface area (Å²) in [6.07, 6.45) is 1.85. The molecule has 0 atom stereocenters. The van der Waals surface area contributed by atoms with Crippen molar-refractivity contribution < 1.29 is 5.11 Å². The molecule has 5 rings (SSSR count). The summed E-state index contributed by atoms with van der Waals surface area (Å²) in [5.41, 5.74) is 4.31. The van der Waals surface area contributed by atoms with E-state index >= 15 is 0 Å². The number of piperidine rings is 1. The van der Waals surface area contributed by atoms with Crippen LogP contribution in [0.15, 0.2) is 91.0 Å². The molecule has 156 valence electrons. The van der Waals surface area contributed by atoms with Gasteiger partial charge in [0.25, 0.3) is 0 Å². The van der Waals surface area contributed by atoms with Crippen molar-refractivity contribution in [2.75, 3.05) is 18.0 Å². The molecule has 0 saturated carbocycles. The van der Waals surface area contributed by atoms with Crippen molar-refractivity contribution in [2.45, 2.75) is 25.4 Å². The number of pyridine rings is 1. The minimum absolute atomic E-state index is 0.155. The molecule has 1 N–H and O–H groups in total. The number of fused-ring (bicyclic) bond motifs is 1. The van der Waals surface area contributed by atoms with Crippen LogP contribution in [0.5, 0.6) is 0 Å². The smallest absolute Gasteiger partial charge is 0.118 e. The number of nitrogens with zero attached hydrogens (tertiary/aromatic N) is 2. The molecule has 3 aromatic carbocycles. The van der Waals surface area contributed by atoms with Crippen molar-refractivity contribution >= 4 is 16.6 Å². The molecule has 0 spiro atoms. The lowest BCUT2D eigenvalue weighted by atomic mass is 9.72. The van der Waals surface area contributed by atoms with Crippen LogP contribution in [0.25, 0.3) is 10.9 Å². The van der Waals surface area contributed by atoms with Crippen LogP contribution >= 0.6 is 0 Å². The standard InChI is InChI=1S/C28H28N2O/c1-21-20-27(25-14-8-9-15-26(25)29-21)30-18-16-24(17-19-30)28(31,22-10-4-2-5-11-22)23-12-6-3-7-13-23/h2-15,20,24,31H,16-19H2,1H3. The Labute approximate surface area is 184 Å². The summed E-state index contributed by atoms with van der Waals surface area (Å²) in [6, 6.07) is 30.9. The molecular weight excluding hydrogens is 380 g/mol. The molecule has 0 amide bonds. The second-order valence-electron chi connectivity index (χ2n) is 8.56. The van der Waals surface area contributed by atoms with E-state index in [0.29, 0.717) is 0 Å². The van der Waals surface area contributed by atoms with Gasteiger partial charge < -0.3 is 10.0 Å². The Hall–Kier alpha value is -3.17. The lowest BCUT2D eigenvalue weighted by Gasteiger charge is -2.43. The van der Waals surface area contributed by atoms with Gasteiger partial charge in [0.05, 0.1) is 5.52 Å². The topological polar surface area (TPSA) is 36.4 Å². The van der Waals surface area contributed by atoms with Crippen LogP contribution in [0.3, 0.4) is 0 Å². The summed E-state index contributed by atoms with van der Waals surface area (Å²) in [5.74, 6) is 0.155. The molecule has 1 saturated heterocycles. The summed E-state index contributed by atoms with van der Waals surface area (Å²) >= 11 is 0. The molecule has 0 aliphatic carbocycles. The zero-order valence-electron chi connectivity index (χ0n) is 17.9. The van der Waals surface area contributed by atoms with Gasteiger partial charge >= 0.3 is 0 Å². The number of para-hydroxylation sites is 1. The third-order valence-corrected chi connectivity index (χ3v) is 6.68. The number of aryl methyl sites for hydroxylation is 1. The van der Waals surface area contributed by atoms with Crippen molar-refractivity contribution in [2.24, 2.45) is 5.92 Å². The molecule has 1 aliphatic rings. The maximum absolute atomic E-state index is 12.1. The van der Waals surface area contributed by atoms with Crippen LogP contribution in [0.2, 0.25) is 0 Å². The van der Waals surface area contributed by atoms with E-state index in [9.17, 15) is 5.11 Å². The quantitative estimate of drug-likeness (QED) is 0.471. The van der Waals surface area contributed by atoms with Crippen molar-refractivity contribution in [3.05, 3.63) is 108 Å². The SMILES string of the molecule is Cc1cc(N2CCC(C(O)(c3ccccc3)c3ccccc3)CC2)c2ccccc2n1. The third-order valence-electron chi connectivity index (χ3n) is 6.68. The monoisotopic (exact) mass is 408 g/mol. The zero-order valence-corrected chi connectivity index (χ0v) is 17.9. The second kappa shape index (κ2) is 8.16. The van der Waals surface area contributed by atoms with E-state index in [1.165, 1.54) is 11.1 Å². The van der Waals surface area contributed by atoms with Gasteiger partial charge in [0.15, 0.2) is 0 Å². The lowest BCUT2D eigenvalue weighted by molar-refractivity contribution is 0.00507. The van der Waals surface area contributed by atoms with Gasteiger partial charge in [0, 0.05) is 29.9 Å². The molecule has 1 aliphatic heterocycles. The third kappa shape index (κ3) is 3.60. The maximum atomic E-state index is 12.1. The van der Waals surface area contributed by atoms with Gasteiger partial charge in [-0.3, -0.25) is 4.98 Å². The Morgan fingerprint density at radius 1 is 0.806 bits per heavy atom. The summed E-state index contributed by atoms with van der Waals surface area (Å²) in [6.45, 7) is 3.90. The number of rotatable bonds is 4. The molecule has 3 heteroatoms. The van der Waals surface area contributed by atoms with Gasteiger partial charge in [-0.15, -0.1) is 0 Å². The Kier molecular flexibility index (Phi) is 5.21. The Morgan fingerprint density at radius 3 is 1.97 bits per heavy atom. The highest BCUT2D eigenvalue weighted by Crippen LogP contribution is 2.43. The number of hydrogen-bond donors (Lipinski definition) is 1. The minimum atomic E-state index is -0.981. The predicted molar refractivity (Wildman–Crippen MR) is 127 cm³/mol. The molecule has 0 bridgehead atoms. The molecule has 1 aromatic heterocycles. The van der Waals surface area contributed by atoms with Crippen LogP contribution < -0.4 is 4.90 Å². The molecule has 31 heavy (non-hydrogen) atoms. The van der Waals surface area contributed by atoms with Gasteiger partial charge in [-0.05, 0) is 48.9 Å². The van der Waals surface area contributed by atoms with Gasteiger partial charge in [-0.1, -0.05) is 78.9 Å². The molecule has 0 radical (unpaired) electrons. The molecule has 3 nitrogen and oxygen atoms in total. The first-order valence-electron chi connectivity index (χ1n) is 11.1. The van der Waals surface area contributed by atoms with E-state index in [-0.39, 0.29) is 5.92 Å². The van der Waals surface area contributed by atoms with E-state index < -0.39 is 5.60 Å². The largest absolute Gasteiger partial charge is 0.380 e. The van der Waals surface area contributed by atoms with E-state index in [1.807, 2.05) is 42.5 Å². The number of benzene rings is 3. The van der Waals surface area contributed by atoms with Gasteiger partial charge in [0.1, 0.15) is 5.60 Å². The Balaban J connectivity index is 1.46. The fraction of sp³-hybridized carbons (Fsp3) is 0.250. The minimum Gasteiger partial charge on any atom is -0.380 e. The highest BCUT2D eigenvalue weighted by Gasteiger charge is 2.41. The molecule has 1 fully saturated rings. The number of aliphatic hydroxyl groups is 1. The fourth-order valence-electron chi connectivity index (χ4n) is 5.11. The van der Waals surface area contributed by atoms with Crippen molar-refractivity contribution in [1.82, 2.24) is 4.98 Å². The average Bonchev–Trinajstić information content (AvgIpc) is 2.84. The molecule has 4 aromatic rings. The van der Waals surface area contributed by atoms with E-state index in [2.05, 4.69) is 60.4 Å². The normalized spacial score (nSPS) is 15.4. The van der Waals surface area contributed by atoms with E-state index in [1.54, 1.807) is 0 Å². The predicted octanol–water partition coefficient (Wildman–Crippen LogP) is 5.70. The summed E-state index contributed by atoms with van der Waals surface area (Å²) in [5, 5.41) is 13.3. The summed E-state index contributed by atoms with van der Waals surface area (Å²) < 4.78 is 0. The van der Waals surface area contributed by atoms with E-state index in [4.69, 9.17) is 4.98 Å². The van der Waals surface area contributed by atoms with Crippen molar-refractivity contribution in [3.8, 4) is 0 Å². The van der Waals surface area contributed by atoms with Gasteiger partial charge in [0.2, 0.25) is 0 Å². The number of anilines is 1. The highest BCUT2D eigenvalue weighted by molar-refractivity contribution is 5.92. The summed E-state index contributed by atoms with van der Waals surface area (Å²) in [4.78, 5) is 7.16. The average molecular weight is 409 g/mol. The first-order valence-corrected chi connectivity index (χ1v) is 11.1. The van der Waals surface area contributed by atoms with Crippen molar-refractivity contribution in [3.63, 3.8) is 0 Å². The first kappa shape index (κ1) is 19.8. The molecular formula is C28H28N2O.